The van der Waals surface area contributed by atoms with Gasteiger partial charge in [0.1, 0.15) is 11.8 Å². The molecule has 0 unspecified atom stereocenters. The van der Waals surface area contributed by atoms with Crippen LogP contribution in [0, 0.1) is 0 Å². The van der Waals surface area contributed by atoms with Crippen molar-refractivity contribution in [1.82, 2.24) is 0 Å². The highest BCUT2D eigenvalue weighted by Gasteiger charge is 2.29. The lowest BCUT2D eigenvalue weighted by Gasteiger charge is -2.28. The number of nitrogens with one attached hydrogen (secondary N) is 1. The second-order valence-corrected chi connectivity index (χ2v) is 7.86. The fourth-order valence-corrected chi connectivity index (χ4v) is 3.81. The van der Waals surface area contributed by atoms with E-state index in [0.29, 0.717) is 17.1 Å². The van der Waals surface area contributed by atoms with Crippen LogP contribution >= 0.6 is 0 Å². The molecule has 0 aliphatic heterocycles. The number of sulfonamides is 1. The molecule has 0 radical (unpaired) electrons. The SMILES string of the molecule is COC(=O)c1cccc(NC(=O)[C@H](C)N(c2cccc(OC)c2)S(C)(=O)=O)c1. The third-order valence-corrected chi connectivity index (χ3v) is 5.19. The molecule has 0 saturated heterocycles. The fraction of sp³-hybridized carbons (Fsp3) is 0.263. The monoisotopic (exact) mass is 406 g/mol. The van der Waals surface area contributed by atoms with Crippen molar-refractivity contribution in [2.24, 2.45) is 0 Å². The van der Waals surface area contributed by atoms with E-state index in [1.165, 1.54) is 33.3 Å². The maximum Gasteiger partial charge on any atom is 0.337 e. The molecular weight excluding hydrogens is 384 g/mol. The summed E-state index contributed by atoms with van der Waals surface area (Å²) in [6.07, 6.45) is 1.02. The summed E-state index contributed by atoms with van der Waals surface area (Å²) >= 11 is 0. The van der Waals surface area contributed by atoms with Crippen molar-refractivity contribution in [3.8, 4) is 5.75 Å². The molecule has 9 heteroatoms. The van der Waals surface area contributed by atoms with Gasteiger partial charge in [0.2, 0.25) is 15.9 Å². The molecule has 0 aromatic heterocycles. The highest BCUT2D eigenvalue weighted by atomic mass is 32.2. The van der Waals surface area contributed by atoms with Gasteiger partial charge >= 0.3 is 5.97 Å². The van der Waals surface area contributed by atoms with Crippen LogP contribution in [-0.2, 0) is 19.6 Å². The molecule has 1 atom stereocenters. The molecule has 150 valence electrons. The van der Waals surface area contributed by atoms with Crippen LogP contribution < -0.4 is 14.4 Å². The number of carbonyl (C=O) groups excluding carboxylic acids is 2. The minimum absolute atomic E-state index is 0.265. The van der Waals surface area contributed by atoms with Crippen molar-refractivity contribution >= 4 is 33.3 Å². The van der Waals surface area contributed by atoms with Crippen LogP contribution in [0.15, 0.2) is 48.5 Å². The van der Waals surface area contributed by atoms with E-state index in [-0.39, 0.29) is 5.56 Å². The molecule has 2 aromatic rings. The summed E-state index contributed by atoms with van der Waals surface area (Å²) in [6.45, 7) is 1.47. The lowest BCUT2D eigenvalue weighted by molar-refractivity contribution is -0.116. The highest BCUT2D eigenvalue weighted by Crippen LogP contribution is 2.25. The Morgan fingerprint density at radius 1 is 1.07 bits per heavy atom. The largest absolute Gasteiger partial charge is 0.497 e. The molecule has 8 nitrogen and oxygen atoms in total. The molecular formula is C19H22N2O6S. The smallest absolute Gasteiger partial charge is 0.337 e. The summed E-state index contributed by atoms with van der Waals surface area (Å²) in [5.41, 5.74) is 0.910. The van der Waals surface area contributed by atoms with Gasteiger partial charge in [0.15, 0.2) is 0 Å². The van der Waals surface area contributed by atoms with Crippen LogP contribution in [0.2, 0.25) is 0 Å². The van der Waals surface area contributed by atoms with Gasteiger partial charge in [0, 0.05) is 11.8 Å². The zero-order chi connectivity index (χ0) is 20.9. The Morgan fingerprint density at radius 3 is 2.36 bits per heavy atom. The molecule has 2 rings (SSSR count). The molecule has 0 saturated carbocycles. The summed E-state index contributed by atoms with van der Waals surface area (Å²) < 4.78 is 35.5. The first-order valence-electron chi connectivity index (χ1n) is 8.30. The second-order valence-electron chi connectivity index (χ2n) is 6.00. The minimum atomic E-state index is -3.76. The lowest BCUT2D eigenvalue weighted by atomic mass is 10.2. The molecule has 0 fully saturated rings. The Kier molecular flexibility index (Phi) is 6.63. The molecule has 0 aliphatic rings. The van der Waals surface area contributed by atoms with Crippen molar-refractivity contribution in [1.29, 1.82) is 0 Å². The molecule has 28 heavy (non-hydrogen) atoms. The molecule has 2 aromatic carbocycles. The predicted molar refractivity (Wildman–Crippen MR) is 106 cm³/mol. The normalized spacial score (nSPS) is 12.0. The van der Waals surface area contributed by atoms with Gasteiger partial charge in [-0.25, -0.2) is 13.2 Å². The van der Waals surface area contributed by atoms with Crippen molar-refractivity contribution in [3.05, 3.63) is 54.1 Å². The van der Waals surface area contributed by atoms with Crippen molar-refractivity contribution in [3.63, 3.8) is 0 Å². The van der Waals surface area contributed by atoms with Gasteiger partial charge in [-0.05, 0) is 37.3 Å². The molecule has 1 N–H and O–H groups in total. The summed E-state index contributed by atoms with van der Waals surface area (Å²) in [5.74, 6) is -0.641. The number of esters is 1. The van der Waals surface area contributed by atoms with Crippen LogP contribution in [0.1, 0.15) is 17.3 Å². The molecule has 0 aliphatic carbocycles. The summed E-state index contributed by atoms with van der Waals surface area (Å²) in [4.78, 5) is 24.4. The maximum atomic E-state index is 12.7. The number of amides is 1. The number of anilines is 2. The van der Waals surface area contributed by atoms with Crippen LogP contribution in [0.3, 0.4) is 0 Å². The Hall–Kier alpha value is -3.07. The van der Waals surface area contributed by atoms with Crippen molar-refractivity contribution in [2.45, 2.75) is 13.0 Å². The van der Waals surface area contributed by atoms with E-state index in [1.807, 2.05) is 0 Å². The zero-order valence-electron chi connectivity index (χ0n) is 16.0. The Bertz CT molecular complexity index is 974. The van der Waals surface area contributed by atoms with E-state index in [1.54, 1.807) is 36.4 Å². The number of hydrogen-bond donors (Lipinski definition) is 1. The maximum absolute atomic E-state index is 12.7. The van der Waals surface area contributed by atoms with E-state index < -0.39 is 27.9 Å². The third-order valence-electron chi connectivity index (χ3n) is 3.95. The number of ether oxygens (including phenoxy) is 2. The van der Waals surface area contributed by atoms with Gasteiger partial charge in [-0.15, -0.1) is 0 Å². The highest BCUT2D eigenvalue weighted by molar-refractivity contribution is 7.92. The zero-order valence-corrected chi connectivity index (χ0v) is 16.8. The van der Waals surface area contributed by atoms with Crippen molar-refractivity contribution < 1.29 is 27.5 Å². The van der Waals surface area contributed by atoms with Gasteiger partial charge in [-0.1, -0.05) is 12.1 Å². The third kappa shape index (κ3) is 5.01. The van der Waals surface area contributed by atoms with Gasteiger partial charge in [0.25, 0.3) is 0 Å². The molecule has 0 spiro atoms. The number of hydrogen-bond acceptors (Lipinski definition) is 6. The van der Waals surface area contributed by atoms with Crippen LogP contribution in [0.25, 0.3) is 0 Å². The minimum Gasteiger partial charge on any atom is -0.497 e. The number of benzene rings is 2. The number of methoxy groups -OCH3 is 2. The van der Waals surface area contributed by atoms with Gasteiger partial charge in [-0.3, -0.25) is 9.10 Å². The second kappa shape index (κ2) is 8.75. The topological polar surface area (TPSA) is 102 Å². The Labute approximate surface area is 164 Å². The summed E-state index contributed by atoms with van der Waals surface area (Å²) in [5, 5.41) is 2.63. The van der Waals surface area contributed by atoms with E-state index in [2.05, 4.69) is 10.1 Å². The first-order valence-corrected chi connectivity index (χ1v) is 10.1. The summed E-state index contributed by atoms with van der Waals surface area (Å²) in [7, 11) is -1.04. The quantitative estimate of drug-likeness (QED) is 0.708. The average molecular weight is 406 g/mol. The van der Waals surface area contributed by atoms with Crippen molar-refractivity contribution in [2.75, 3.05) is 30.1 Å². The van der Waals surface area contributed by atoms with Crippen LogP contribution in [0.5, 0.6) is 5.75 Å². The fourth-order valence-electron chi connectivity index (χ4n) is 2.64. The van der Waals surface area contributed by atoms with E-state index in [4.69, 9.17) is 4.74 Å². The first kappa shape index (κ1) is 21.2. The molecule has 0 heterocycles. The van der Waals surface area contributed by atoms with E-state index >= 15 is 0 Å². The number of rotatable bonds is 7. The average Bonchev–Trinajstić information content (AvgIpc) is 2.66. The lowest BCUT2D eigenvalue weighted by Crippen LogP contribution is -2.45. The first-order chi connectivity index (χ1) is 13.2. The Balaban J connectivity index is 2.31. The van der Waals surface area contributed by atoms with E-state index in [9.17, 15) is 18.0 Å². The van der Waals surface area contributed by atoms with Crippen LogP contribution in [-0.4, -0.2) is 46.8 Å². The van der Waals surface area contributed by atoms with Gasteiger partial charge in [0.05, 0.1) is 31.7 Å². The molecule has 0 bridgehead atoms. The van der Waals surface area contributed by atoms with Gasteiger partial charge < -0.3 is 14.8 Å². The van der Waals surface area contributed by atoms with Gasteiger partial charge in [-0.2, -0.15) is 0 Å². The Morgan fingerprint density at radius 2 is 1.75 bits per heavy atom. The number of carbonyl (C=O) groups is 2. The van der Waals surface area contributed by atoms with Crippen LogP contribution in [0.4, 0.5) is 11.4 Å². The molecule has 1 amide bonds. The summed E-state index contributed by atoms with van der Waals surface area (Å²) in [6, 6.07) is 11.5. The number of nitrogens with zero attached hydrogens (tertiary/aromatic N) is 1. The standard InChI is InChI=1S/C19H22N2O6S/c1-13(18(22)20-15-8-5-7-14(11-15)19(23)27-3)21(28(4,24)25)16-9-6-10-17(12-16)26-2/h5-13H,1-4H3,(H,20,22)/t13-/m0/s1. The predicted octanol–water partition coefficient (Wildman–Crippen LogP) is 2.28. The van der Waals surface area contributed by atoms with E-state index in [0.717, 1.165) is 10.6 Å².